The molecule has 0 saturated heterocycles. The molecule has 0 atom stereocenters. The smallest absolute Gasteiger partial charge is 0.0992 e. The van der Waals surface area contributed by atoms with Crippen molar-refractivity contribution >= 4 is 33.0 Å². The van der Waals surface area contributed by atoms with Crippen LogP contribution in [0.5, 0.6) is 0 Å². The molecule has 0 fully saturated rings. The van der Waals surface area contributed by atoms with E-state index in [0.717, 1.165) is 16.7 Å². The largest absolute Gasteiger partial charge is 0.369 e. The summed E-state index contributed by atoms with van der Waals surface area (Å²) in [4.78, 5) is 3.49. The summed E-state index contributed by atoms with van der Waals surface area (Å²) in [5, 5.41) is 10.9. The minimum atomic E-state index is 0.671. The minimum Gasteiger partial charge on any atom is -0.369 e. The van der Waals surface area contributed by atoms with E-state index in [1.165, 1.54) is 4.88 Å². The Hall–Kier alpha value is -1.31. The summed E-state index contributed by atoms with van der Waals surface area (Å²) < 4.78 is 0.954. The molecule has 1 aromatic heterocycles. The summed E-state index contributed by atoms with van der Waals surface area (Å²) in [6.45, 7) is 0.877. The van der Waals surface area contributed by atoms with Crippen molar-refractivity contribution in [1.29, 1.82) is 5.26 Å². The van der Waals surface area contributed by atoms with Gasteiger partial charge in [0.1, 0.15) is 0 Å². The van der Waals surface area contributed by atoms with E-state index >= 15 is 0 Å². The topological polar surface area (TPSA) is 27.0 Å². The second kappa shape index (κ2) is 5.35. The number of hydrogen-bond donors (Lipinski definition) is 0. The lowest BCUT2D eigenvalue weighted by Gasteiger charge is -2.20. The van der Waals surface area contributed by atoms with Crippen molar-refractivity contribution in [3.63, 3.8) is 0 Å². The normalized spacial score (nSPS) is 9.94. The molecule has 4 heteroatoms. The van der Waals surface area contributed by atoms with Crippen LogP contribution < -0.4 is 4.90 Å². The molecule has 0 bridgehead atoms. The second-order valence-corrected chi connectivity index (χ2v) is 5.60. The molecule has 1 heterocycles. The molecule has 0 aliphatic heterocycles. The van der Waals surface area contributed by atoms with E-state index in [2.05, 4.69) is 44.4 Å². The van der Waals surface area contributed by atoms with Crippen LogP contribution in [-0.2, 0) is 6.54 Å². The molecule has 0 aliphatic carbocycles. The van der Waals surface area contributed by atoms with Gasteiger partial charge in [0.25, 0.3) is 0 Å². The SMILES string of the molecule is CN(Cc1cccs1)c1ccc(C#N)cc1Br. The van der Waals surface area contributed by atoms with Gasteiger partial charge in [-0.1, -0.05) is 6.07 Å². The van der Waals surface area contributed by atoms with E-state index in [-0.39, 0.29) is 0 Å². The molecule has 0 saturated carbocycles. The van der Waals surface area contributed by atoms with Gasteiger partial charge in [-0.15, -0.1) is 11.3 Å². The third-order valence-electron chi connectivity index (χ3n) is 2.46. The fourth-order valence-electron chi connectivity index (χ4n) is 1.61. The van der Waals surface area contributed by atoms with Crippen LogP contribution >= 0.6 is 27.3 Å². The van der Waals surface area contributed by atoms with Crippen LogP contribution in [0.25, 0.3) is 0 Å². The highest BCUT2D eigenvalue weighted by Crippen LogP contribution is 2.28. The third kappa shape index (κ3) is 2.87. The molecular weight excluding hydrogens is 296 g/mol. The molecule has 0 radical (unpaired) electrons. The zero-order valence-corrected chi connectivity index (χ0v) is 11.8. The Balaban J connectivity index is 2.20. The summed E-state index contributed by atoms with van der Waals surface area (Å²) in [6, 6.07) is 12.0. The van der Waals surface area contributed by atoms with E-state index in [0.29, 0.717) is 5.56 Å². The predicted octanol–water partition coefficient (Wildman–Crippen LogP) is 4.02. The number of thiophene rings is 1. The first-order valence-corrected chi connectivity index (χ1v) is 6.81. The van der Waals surface area contributed by atoms with Crippen LogP contribution in [0.3, 0.4) is 0 Å². The molecular formula is C13H11BrN2S. The van der Waals surface area contributed by atoms with Crippen LogP contribution in [0.2, 0.25) is 0 Å². The molecule has 0 spiro atoms. The van der Waals surface area contributed by atoms with Crippen LogP contribution in [0.4, 0.5) is 5.69 Å². The molecule has 2 nitrogen and oxygen atoms in total. The Morgan fingerprint density at radius 2 is 2.24 bits per heavy atom. The molecule has 1 aromatic carbocycles. The van der Waals surface area contributed by atoms with Gasteiger partial charge in [0.2, 0.25) is 0 Å². The van der Waals surface area contributed by atoms with E-state index in [9.17, 15) is 0 Å². The van der Waals surface area contributed by atoms with Gasteiger partial charge in [0.15, 0.2) is 0 Å². The van der Waals surface area contributed by atoms with Crippen LogP contribution in [-0.4, -0.2) is 7.05 Å². The van der Waals surface area contributed by atoms with Crippen LogP contribution in [0, 0.1) is 11.3 Å². The maximum atomic E-state index is 8.82. The zero-order chi connectivity index (χ0) is 12.3. The summed E-state index contributed by atoms with van der Waals surface area (Å²) in [6.07, 6.45) is 0. The molecule has 2 rings (SSSR count). The lowest BCUT2D eigenvalue weighted by atomic mass is 10.2. The van der Waals surface area contributed by atoms with Gasteiger partial charge < -0.3 is 4.90 Å². The van der Waals surface area contributed by atoms with Crippen molar-refractivity contribution in [1.82, 2.24) is 0 Å². The van der Waals surface area contributed by atoms with Crippen molar-refractivity contribution in [2.24, 2.45) is 0 Å². The Kier molecular flexibility index (Phi) is 3.82. The Labute approximate surface area is 113 Å². The Morgan fingerprint density at radius 3 is 2.82 bits per heavy atom. The lowest BCUT2D eigenvalue weighted by molar-refractivity contribution is 0.937. The van der Waals surface area contributed by atoms with Crippen molar-refractivity contribution < 1.29 is 0 Å². The highest BCUT2D eigenvalue weighted by atomic mass is 79.9. The van der Waals surface area contributed by atoms with Crippen LogP contribution in [0.15, 0.2) is 40.2 Å². The quantitative estimate of drug-likeness (QED) is 0.856. The van der Waals surface area contributed by atoms with Gasteiger partial charge in [0, 0.05) is 16.4 Å². The van der Waals surface area contributed by atoms with Crippen LogP contribution in [0.1, 0.15) is 10.4 Å². The summed E-state index contributed by atoms with van der Waals surface area (Å²) in [7, 11) is 2.05. The average molecular weight is 307 g/mol. The van der Waals surface area contributed by atoms with E-state index in [4.69, 9.17) is 5.26 Å². The monoisotopic (exact) mass is 306 g/mol. The fourth-order valence-corrected chi connectivity index (χ4v) is 3.05. The van der Waals surface area contributed by atoms with Gasteiger partial charge >= 0.3 is 0 Å². The second-order valence-electron chi connectivity index (χ2n) is 3.71. The van der Waals surface area contributed by atoms with Gasteiger partial charge in [-0.3, -0.25) is 0 Å². The Bertz CT molecular complexity index is 543. The Morgan fingerprint density at radius 1 is 1.41 bits per heavy atom. The first-order chi connectivity index (χ1) is 8.20. The first kappa shape index (κ1) is 12.2. The maximum absolute atomic E-state index is 8.82. The highest BCUT2D eigenvalue weighted by Gasteiger charge is 2.07. The molecule has 0 amide bonds. The summed E-state index contributed by atoms with van der Waals surface area (Å²) >= 11 is 5.25. The number of anilines is 1. The number of halogens is 1. The van der Waals surface area contributed by atoms with Gasteiger partial charge in [-0.2, -0.15) is 5.26 Å². The third-order valence-corrected chi connectivity index (χ3v) is 3.96. The van der Waals surface area contributed by atoms with E-state index < -0.39 is 0 Å². The maximum Gasteiger partial charge on any atom is 0.0992 e. The van der Waals surface area contributed by atoms with E-state index in [1.54, 1.807) is 11.3 Å². The number of nitriles is 1. The number of nitrogens with zero attached hydrogens (tertiary/aromatic N) is 2. The average Bonchev–Trinajstić information content (AvgIpc) is 2.81. The molecule has 2 aromatic rings. The van der Waals surface area contributed by atoms with Gasteiger partial charge in [-0.05, 0) is 45.6 Å². The summed E-state index contributed by atoms with van der Waals surface area (Å²) in [5.74, 6) is 0. The zero-order valence-electron chi connectivity index (χ0n) is 9.35. The van der Waals surface area contributed by atoms with Crippen molar-refractivity contribution in [3.8, 4) is 6.07 Å². The van der Waals surface area contributed by atoms with Crippen molar-refractivity contribution in [2.45, 2.75) is 6.54 Å². The molecule has 0 aliphatic rings. The predicted molar refractivity (Wildman–Crippen MR) is 75.3 cm³/mol. The number of hydrogen-bond acceptors (Lipinski definition) is 3. The van der Waals surface area contributed by atoms with Gasteiger partial charge in [-0.25, -0.2) is 0 Å². The number of rotatable bonds is 3. The first-order valence-electron chi connectivity index (χ1n) is 5.14. The molecule has 17 heavy (non-hydrogen) atoms. The number of benzene rings is 1. The standard InChI is InChI=1S/C13H11BrN2S/c1-16(9-11-3-2-6-17-11)13-5-4-10(8-15)7-12(13)14/h2-7H,9H2,1H3. The van der Waals surface area contributed by atoms with Crippen molar-refractivity contribution in [2.75, 3.05) is 11.9 Å². The molecule has 0 N–H and O–H groups in total. The molecule has 0 unspecified atom stereocenters. The fraction of sp³-hybridized carbons (Fsp3) is 0.154. The van der Waals surface area contributed by atoms with Gasteiger partial charge in [0.05, 0.1) is 23.9 Å². The highest BCUT2D eigenvalue weighted by molar-refractivity contribution is 9.10. The summed E-state index contributed by atoms with van der Waals surface area (Å²) in [5.41, 5.74) is 1.77. The minimum absolute atomic E-state index is 0.671. The van der Waals surface area contributed by atoms with E-state index in [1.807, 2.05) is 25.2 Å². The lowest BCUT2D eigenvalue weighted by Crippen LogP contribution is -2.16. The molecule has 86 valence electrons. The van der Waals surface area contributed by atoms with Crippen molar-refractivity contribution in [3.05, 3.63) is 50.6 Å².